The Morgan fingerprint density at radius 1 is 1.24 bits per heavy atom. The van der Waals surface area contributed by atoms with Crippen LogP contribution in [0.2, 0.25) is 0 Å². The Bertz CT molecular complexity index is 640. The molecular formula is C15H14O6. The van der Waals surface area contributed by atoms with Gasteiger partial charge >= 0.3 is 0 Å². The molecule has 0 bridgehead atoms. The summed E-state index contributed by atoms with van der Waals surface area (Å²) >= 11 is 0. The van der Waals surface area contributed by atoms with E-state index in [2.05, 4.69) is 0 Å². The van der Waals surface area contributed by atoms with Gasteiger partial charge in [-0.3, -0.25) is 9.59 Å². The first-order chi connectivity index (χ1) is 10.1. The van der Waals surface area contributed by atoms with Gasteiger partial charge in [0.25, 0.3) is 0 Å². The van der Waals surface area contributed by atoms with E-state index >= 15 is 0 Å². The van der Waals surface area contributed by atoms with Crippen LogP contribution in [0.1, 0.15) is 27.1 Å². The highest BCUT2D eigenvalue weighted by Crippen LogP contribution is 2.34. The number of aromatic hydroxyl groups is 1. The molecule has 2 aliphatic rings. The summed E-state index contributed by atoms with van der Waals surface area (Å²) in [6.07, 6.45) is 1.09. The summed E-state index contributed by atoms with van der Waals surface area (Å²) in [5, 5.41) is 10.0. The zero-order valence-corrected chi connectivity index (χ0v) is 11.4. The molecule has 1 heterocycles. The number of carbonyl (C=O) groups is 2. The van der Waals surface area contributed by atoms with Crippen molar-refractivity contribution in [3.63, 3.8) is 0 Å². The molecule has 0 saturated carbocycles. The van der Waals surface area contributed by atoms with Crippen LogP contribution < -0.4 is 4.74 Å². The van der Waals surface area contributed by atoms with Crippen LogP contribution in [0.4, 0.5) is 0 Å². The summed E-state index contributed by atoms with van der Waals surface area (Å²) in [6.45, 7) is 0.926. The minimum Gasteiger partial charge on any atom is -0.507 e. The molecule has 1 aromatic carbocycles. The second kappa shape index (κ2) is 5.31. The van der Waals surface area contributed by atoms with Crippen molar-refractivity contribution in [1.82, 2.24) is 0 Å². The lowest BCUT2D eigenvalue weighted by atomic mass is 9.88. The molecule has 6 nitrogen and oxygen atoms in total. The van der Waals surface area contributed by atoms with Gasteiger partial charge in [-0.2, -0.15) is 0 Å². The highest BCUT2D eigenvalue weighted by molar-refractivity contribution is 6.26. The van der Waals surface area contributed by atoms with E-state index in [0.717, 1.165) is 6.42 Å². The van der Waals surface area contributed by atoms with Crippen LogP contribution in [0, 0.1) is 0 Å². The molecule has 0 spiro atoms. The smallest absolute Gasteiger partial charge is 0.198 e. The van der Waals surface area contributed by atoms with Gasteiger partial charge in [0.1, 0.15) is 11.5 Å². The van der Waals surface area contributed by atoms with E-state index in [1.807, 2.05) is 0 Å². The molecule has 1 fully saturated rings. The molecule has 0 aromatic heterocycles. The lowest BCUT2D eigenvalue weighted by Crippen LogP contribution is -2.33. The van der Waals surface area contributed by atoms with Crippen molar-refractivity contribution >= 4 is 11.6 Å². The van der Waals surface area contributed by atoms with Crippen LogP contribution >= 0.6 is 0 Å². The summed E-state index contributed by atoms with van der Waals surface area (Å²) < 4.78 is 15.7. The predicted octanol–water partition coefficient (Wildman–Crippen LogP) is 1.47. The maximum Gasteiger partial charge on any atom is 0.198 e. The molecule has 110 valence electrons. The Kier molecular flexibility index (Phi) is 3.48. The number of hydrogen-bond acceptors (Lipinski definition) is 6. The van der Waals surface area contributed by atoms with Crippen LogP contribution in [-0.4, -0.2) is 43.3 Å². The first kappa shape index (κ1) is 13.8. The van der Waals surface area contributed by atoms with Gasteiger partial charge in [-0.1, -0.05) is 0 Å². The monoisotopic (exact) mass is 290 g/mol. The van der Waals surface area contributed by atoms with E-state index in [9.17, 15) is 14.7 Å². The molecule has 21 heavy (non-hydrogen) atoms. The van der Waals surface area contributed by atoms with Gasteiger partial charge in [-0.15, -0.1) is 0 Å². The number of hydrogen-bond donors (Lipinski definition) is 1. The standard InChI is InChI=1S/C15H14O6/c1-19-8-5-9-11(16)7-10(15-20-3-2-4-21-15)14(18)13(9)12(17)6-8/h5-7,15,17H,2-4H2,1H3. The third kappa shape index (κ3) is 2.32. The second-order valence-electron chi connectivity index (χ2n) is 4.79. The average Bonchev–Trinajstić information content (AvgIpc) is 2.51. The topological polar surface area (TPSA) is 82.1 Å². The number of ketones is 2. The summed E-state index contributed by atoms with van der Waals surface area (Å²) in [6, 6.07) is 2.74. The molecule has 1 aromatic rings. The minimum atomic E-state index is -0.857. The lowest BCUT2D eigenvalue weighted by molar-refractivity contribution is -0.154. The Morgan fingerprint density at radius 3 is 2.62 bits per heavy atom. The third-order valence-corrected chi connectivity index (χ3v) is 3.45. The molecule has 6 heteroatoms. The fourth-order valence-corrected chi connectivity index (χ4v) is 2.42. The number of rotatable bonds is 2. The van der Waals surface area contributed by atoms with Crippen LogP contribution in [0.25, 0.3) is 0 Å². The quantitative estimate of drug-likeness (QED) is 0.888. The summed E-state index contributed by atoms with van der Waals surface area (Å²) in [5.74, 6) is -0.818. The van der Waals surface area contributed by atoms with Crippen molar-refractivity contribution in [3.05, 3.63) is 34.9 Å². The molecule has 0 amide bonds. The number of phenols is 1. The molecular weight excluding hydrogens is 276 g/mol. The molecule has 0 atom stereocenters. The highest BCUT2D eigenvalue weighted by atomic mass is 16.7. The van der Waals surface area contributed by atoms with E-state index in [4.69, 9.17) is 14.2 Å². The average molecular weight is 290 g/mol. The van der Waals surface area contributed by atoms with Gasteiger partial charge in [0.15, 0.2) is 17.9 Å². The van der Waals surface area contributed by atoms with Gasteiger partial charge < -0.3 is 19.3 Å². The Balaban J connectivity index is 2.04. The Hall–Kier alpha value is -2.18. The lowest BCUT2D eigenvalue weighted by Gasteiger charge is -2.27. The summed E-state index contributed by atoms with van der Waals surface area (Å²) in [4.78, 5) is 24.7. The number of fused-ring (bicyclic) bond motifs is 1. The van der Waals surface area contributed by atoms with E-state index in [1.54, 1.807) is 0 Å². The van der Waals surface area contributed by atoms with Crippen molar-refractivity contribution in [1.29, 1.82) is 0 Å². The van der Waals surface area contributed by atoms with Crippen molar-refractivity contribution < 1.29 is 28.9 Å². The number of phenolic OH excluding ortho intramolecular Hbond substituents is 1. The number of Topliss-reactive ketones (excluding diaryl/α,β-unsaturated/α-hetero) is 1. The van der Waals surface area contributed by atoms with Crippen LogP contribution in [0.3, 0.4) is 0 Å². The van der Waals surface area contributed by atoms with Gasteiger partial charge in [-0.25, -0.2) is 0 Å². The second-order valence-corrected chi connectivity index (χ2v) is 4.79. The van der Waals surface area contributed by atoms with E-state index in [-0.39, 0.29) is 28.2 Å². The van der Waals surface area contributed by atoms with Gasteiger partial charge in [0.2, 0.25) is 0 Å². The zero-order chi connectivity index (χ0) is 15.0. The van der Waals surface area contributed by atoms with Crippen LogP contribution in [-0.2, 0) is 9.47 Å². The van der Waals surface area contributed by atoms with E-state index in [0.29, 0.717) is 19.0 Å². The molecule has 0 radical (unpaired) electrons. The number of allylic oxidation sites excluding steroid dienone is 1. The Labute approximate surface area is 120 Å². The maximum atomic E-state index is 12.5. The maximum absolute atomic E-state index is 12.5. The van der Waals surface area contributed by atoms with Gasteiger partial charge in [0, 0.05) is 11.6 Å². The normalized spacial score (nSPS) is 19.2. The molecule has 0 unspecified atom stereocenters. The molecule has 1 N–H and O–H groups in total. The minimum absolute atomic E-state index is 0.0314. The highest BCUT2D eigenvalue weighted by Gasteiger charge is 2.34. The first-order valence-electron chi connectivity index (χ1n) is 6.56. The van der Waals surface area contributed by atoms with Crippen molar-refractivity contribution in [2.45, 2.75) is 12.7 Å². The summed E-state index contributed by atoms with van der Waals surface area (Å²) in [5.41, 5.74) is 0.208. The number of ether oxygens (including phenoxy) is 3. The fraction of sp³-hybridized carbons (Fsp3) is 0.333. The van der Waals surface area contributed by atoms with Crippen LogP contribution in [0.15, 0.2) is 23.8 Å². The first-order valence-corrected chi connectivity index (χ1v) is 6.56. The number of benzene rings is 1. The third-order valence-electron chi connectivity index (χ3n) is 3.45. The summed E-state index contributed by atoms with van der Waals surface area (Å²) in [7, 11) is 1.42. The largest absolute Gasteiger partial charge is 0.507 e. The number of carbonyl (C=O) groups excluding carboxylic acids is 2. The fourth-order valence-electron chi connectivity index (χ4n) is 2.42. The van der Waals surface area contributed by atoms with E-state index in [1.165, 1.54) is 25.3 Å². The molecule has 1 aliphatic heterocycles. The van der Waals surface area contributed by atoms with Crippen molar-refractivity contribution in [2.75, 3.05) is 20.3 Å². The van der Waals surface area contributed by atoms with Gasteiger partial charge in [0.05, 0.1) is 31.5 Å². The van der Waals surface area contributed by atoms with Crippen molar-refractivity contribution in [2.24, 2.45) is 0 Å². The molecule has 1 saturated heterocycles. The van der Waals surface area contributed by atoms with Gasteiger partial charge in [-0.05, 0) is 18.6 Å². The molecule has 1 aliphatic carbocycles. The number of methoxy groups -OCH3 is 1. The predicted molar refractivity (Wildman–Crippen MR) is 71.7 cm³/mol. The zero-order valence-electron chi connectivity index (χ0n) is 11.4. The van der Waals surface area contributed by atoms with Crippen molar-refractivity contribution in [3.8, 4) is 11.5 Å². The van der Waals surface area contributed by atoms with E-state index < -0.39 is 12.1 Å². The SMILES string of the molecule is COc1cc(O)c2c(c1)C(=O)C=C(C1OCCCO1)C2=O. The molecule has 3 rings (SSSR count). The Morgan fingerprint density at radius 2 is 1.95 bits per heavy atom. The van der Waals surface area contributed by atoms with Crippen LogP contribution in [0.5, 0.6) is 11.5 Å².